The maximum atomic E-state index is 5.43. The molecule has 0 bridgehead atoms. The predicted molar refractivity (Wildman–Crippen MR) is 107 cm³/mol. The van der Waals surface area contributed by atoms with E-state index in [1.54, 1.807) is 7.05 Å². The number of fused-ring (bicyclic) bond motifs is 1. The maximum absolute atomic E-state index is 5.43. The number of ether oxygens (including phenoxy) is 2. The summed E-state index contributed by atoms with van der Waals surface area (Å²) in [6.07, 6.45) is 4.40. The molecule has 0 saturated heterocycles. The molecule has 2 aromatic carbocycles. The van der Waals surface area contributed by atoms with E-state index in [4.69, 9.17) is 9.47 Å². The molecule has 0 radical (unpaired) electrons. The molecule has 2 aliphatic heterocycles. The lowest BCUT2D eigenvalue weighted by molar-refractivity contribution is 0.174. The third kappa shape index (κ3) is 4.16. The van der Waals surface area contributed by atoms with Gasteiger partial charge in [-0.15, -0.1) is 0 Å². The van der Waals surface area contributed by atoms with Crippen LogP contribution in [0.1, 0.15) is 11.1 Å². The van der Waals surface area contributed by atoms with E-state index in [1.807, 2.05) is 18.2 Å². The number of rotatable bonds is 5. The molecule has 6 heteroatoms. The third-order valence-electron chi connectivity index (χ3n) is 4.67. The van der Waals surface area contributed by atoms with E-state index < -0.39 is 0 Å². The Labute approximate surface area is 159 Å². The summed E-state index contributed by atoms with van der Waals surface area (Å²) in [5.41, 5.74) is 3.60. The lowest BCUT2D eigenvalue weighted by Crippen LogP contribution is -2.36. The van der Waals surface area contributed by atoms with Gasteiger partial charge in [0, 0.05) is 38.9 Å². The van der Waals surface area contributed by atoms with Gasteiger partial charge in [0.15, 0.2) is 17.5 Å². The Balaban J connectivity index is 1.31. The molecule has 0 spiro atoms. The normalized spacial score (nSPS) is 15.3. The molecule has 140 valence electrons. The van der Waals surface area contributed by atoms with Gasteiger partial charge >= 0.3 is 0 Å². The Morgan fingerprint density at radius 3 is 2.48 bits per heavy atom. The summed E-state index contributed by atoms with van der Waals surface area (Å²) in [7, 11) is 1.78. The van der Waals surface area contributed by atoms with Crippen LogP contribution < -0.4 is 25.0 Å². The molecule has 0 saturated carbocycles. The molecular weight excluding hydrogens is 340 g/mol. The summed E-state index contributed by atoms with van der Waals surface area (Å²) in [6, 6.07) is 14.6. The zero-order valence-electron chi connectivity index (χ0n) is 15.4. The molecule has 0 fully saturated rings. The molecule has 0 amide bonds. The third-order valence-corrected chi connectivity index (χ3v) is 4.67. The summed E-state index contributed by atoms with van der Waals surface area (Å²) in [5.74, 6) is 2.36. The number of nitrogens with zero attached hydrogens (tertiary/aromatic N) is 2. The number of guanidine groups is 1. The highest BCUT2D eigenvalue weighted by atomic mass is 16.7. The first kappa shape index (κ1) is 17.3. The number of hydrogen-bond donors (Lipinski definition) is 2. The van der Waals surface area contributed by atoms with Crippen molar-refractivity contribution in [2.45, 2.75) is 13.1 Å². The fourth-order valence-corrected chi connectivity index (χ4v) is 3.20. The Hall–Kier alpha value is -3.15. The quantitative estimate of drug-likeness (QED) is 0.485. The second-order valence-electron chi connectivity index (χ2n) is 6.51. The van der Waals surface area contributed by atoms with Crippen molar-refractivity contribution in [1.82, 2.24) is 10.6 Å². The van der Waals surface area contributed by atoms with Crippen molar-refractivity contribution < 1.29 is 9.47 Å². The fourth-order valence-electron chi connectivity index (χ4n) is 3.20. The smallest absolute Gasteiger partial charge is 0.231 e. The number of benzene rings is 2. The van der Waals surface area contributed by atoms with Gasteiger partial charge in [-0.25, -0.2) is 0 Å². The van der Waals surface area contributed by atoms with Crippen LogP contribution in [0.5, 0.6) is 11.5 Å². The molecule has 2 heterocycles. The molecule has 27 heavy (non-hydrogen) atoms. The second-order valence-corrected chi connectivity index (χ2v) is 6.51. The summed E-state index contributed by atoms with van der Waals surface area (Å²) in [4.78, 5) is 6.65. The maximum Gasteiger partial charge on any atom is 0.231 e. The highest BCUT2D eigenvalue weighted by Gasteiger charge is 2.13. The summed E-state index contributed by atoms with van der Waals surface area (Å²) >= 11 is 0. The van der Waals surface area contributed by atoms with Crippen LogP contribution in [-0.2, 0) is 13.1 Å². The SMILES string of the molecule is CN=C(NCc1cccc(N2CC=CC2)c1)NCc1ccc2c(c1)OCO2. The van der Waals surface area contributed by atoms with Crippen molar-refractivity contribution >= 4 is 11.6 Å². The van der Waals surface area contributed by atoms with Crippen LogP contribution in [0.15, 0.2) is 59.6 Å². The number of aliphatic imine (C=N–C) groups is 1. The molecular formula is C21H24N4O2. The lowest BCUT2D eigenvalue weighted by atomic mass is 10.2. The molecule has 2 N–H and O–H groups in total. The monoisotopic (exact) mass is 364 g/mol. The Morgan fingerprint density at radius 1 is 0.963 bits per heavy atom. The van der Waals surface area contributed by atoms with Crippen LogP contribution in [0, 0.1) is 0 Å². The average Bonchev–Trinajstić information content (AvgIpc) is 3.40. The molecule has 4 rings (SSSR count). The number of nitrogens with one attached hydrogen (secondary N) is 2. The van der Waals surface area contributed by atoms with E-state index in [1.165, 1.54) is 11.3 Å². The van der Waals surface area contributed by atoms with Gasteiger partial charge in [0.05, 0.1) is 0 Å². The van der Waals surface area contributed by atoms with Gasteiger partial charge < -0.3 is 25.0 Å². The lowest BCUT2D eigenvalue weighted by Gasteiger charge is -2.19. The van der Waals surface area contributed by atoms with Crippen molar-refractivity contribution in [3.05, 3.63) is 65.7 Å². The molecule has 0 aromatic heterocycles. The first-order chi connectivity index (χ1) is 13.3. The van der Waals surface area contributed by atoms with E-state index in [0.29, 0.717) is 13.3 Å². The van der Waals surface area contributed by atoms with Crippen LogP contribution in [-0.4, -0.2) is 32.9 Å². The standard InChI is InChI=1S/C21H24N4O2/c1-22-21(24-14-17-7-8-19-20(12-17)27-15-26-19)23-13-16-5-4-6-18(11-16)25-9-2-3-10-25/h2-8,11-12H,9-10,13-15H2,1H3,(H2,22,23,24). The fraction of sp³-hybridized carbons (Fsp3) is 0.286. The van der Waals surface area contributed by atoms with Gasteiger partial charge in [-0.05, 0) is 35.4 Å². The summed E-state index contributed by atoms with van der Waals surface area (Å²) in [6.45, 7) is 3.64. The molecule has 0 unspecified atom stereocenters. The van der Waals surface area contributed by atoms with Crippen LogP contribution in [0.3, 0.4) is 0 Å². The predicted octanol–water partition coefficient (Wildman–Crippen LogP) is 2.66. The topological polar surface area (TPSA) is 58.1 Å². The second kappa shape index (κ2) is 8.03. The zero-order chi connectivity index (χ0) is 18.5. The number of hydrogen-bond acceptors (Lipinski definition) is 4. The Kier molecular flexibility index (Phi) is 5.14. The van der Waals surface area contributed by atoms with Crippen molar-refractivity contribution in [3.8, 4) is 11.5 Å². The van der Waals surface area contributed by atoms with Gasteiger partial charge in [0.2, 0.25) is 6.79 Å². The van der Waals surface area contributed by atoms with Crippen LogP contribution in [0.2, 0.25) is 0 Å². The van der Waals surface area contributed by atoms with E-state index >= 15 is 0 Å². The number of anilines is 1. The first-order valence-electron chi connectivity index (χ1n) is 9.14. The summed E-state index contributed by atoms with van der Waals surface area (Å²) < 4.78 is 10.8. The van der Waals surface area contributed by atoms with E-state index in [-0.39, 0.29) is 0 Å². The summed E-state index contributed by atoms with van der Waals surface area (Å²) in [5, 5.41) is 6.71. The minimum Gasteiger partial charge on any atom is -0.454 e. The minimum absolute atomic E-state index is 0.294. The van der Waals surface area contributed by atoms with E-state index in [2.05, 4.69) is 56.9 Å². The highest BCUT2D eigenvalue weighted by molar-refractivity contribution is 5.79. The van der Waals surface area contributed by atoms with Crippen molar-refractivity contribution in [1.29, 1.82) is 0 Å². The zero-order valence-corrected chi connectivity index (χ0v) is 15.4. The Morgan fingerprint density at radius 2 is 1.70 bits per heavy atom. The molecule has 0 atom stereocenters. The molecule has 2 aromatic rings. The van der Waals surface area contributed by atoms with Gasteiger partial charge in [-0.3, -0.25) is 4.99 Å². The van der Waals surface area contributed by atoms with Crippen molar-refractivity contribution in [2.75, 3.05) is 31.8 Å². The van der Waals surface area contributed by atoms with Gasteiger partial charge in [0.25, 0.3) is 0 Å². The first-order valence-corrected chi connectivity index (χ1v) is 9.14. The van der Waals surface area contributed by atoms with Gasteiger partial charge in [0.1, 0.15) is 0 Å². The molecule has 0 aliphatic carbocycles. The van der Waals surface area contributed by atoms with Gasteiger partial charge in [-0.2, -0.15) is 0 Å². The van der Waals surface area contributed by atoms with Gasteiger partial charge in [-0.1, -0.05) is 30.4 Å². The van der Waals surface area contributed by atoms with Crippen LogP contribution >= 0.6 is 0 Å². The molecule has 6 nitrogen and oxygen atoms in total. The van der Waals surface area contributed by atoms with E-state index in [9.17, 15) is 0 Å². The largest absolute Gasteiger partial charge is 0.454 e. The minimum atomic E-state index is 0.294. The highest BCUT2D eigenvalue weighted by Crippen LogP contribution is 2.32. The van der Waals surface area contributed by atoms with Crippen LogP contribution in [0.25, 0.3) is 0 Å². The Bertz CT molecular complexity index is 855. The van der Waals surface area contributed by atoms with E-state index in [0.717, 1.165) is 42.7 Å². The van der Waals surface area contributed by atoms with Crippen molar-refractivity contribution in [3.63, 3.8) is 0 Å². The van der Waals surface area contributed by atoms with Crippen molar-refractivity contribution in [2.24, 2.45) is 4.99 Å². The van der Waals surface area contributed by atoms with Crippen LogP contribution in [0.4, 0.5) is 5.69 Å². The average molecular weight is 364 g/mol. The molecule has 2 aliphatic rings.